The average molecular weight is 362 g/mol. The van der Waals surface area contributed by atoms with Crippen molar-refractivity contribution in [1.29, 1.82) is 0 Å². The molecule has 1 N–H and O–H groups in total. The highest BCUT2D eigenvalue weighted by Crippen LogP contribution is 2.55. The van der Waals surface area contributed by atoms with Crippen molar-refractivity contribution in [3.8, 4) is 0 Å². The summed E-state index contributed by atoms with van der Waals surface area (Å²) in [5.74, 6) is -24.6. The Kier molecular flexibility index (Phi) is 6.16. The largest absolute Gasteiger partial charge is 0.462 e. The zero-order valence-electron chi connectivity index (χ0n) is 11.4. The molecule has 12 heteroatoms. The van der Waals surface area contributed by atoms with Crippen LogP contribution < -0.4 is 0 Å². The number of carbonyl (C=O) groups excluding carboxylic acids is 1. The van der Waals surface area contributed by atoms with E-state index in [0.29, 0.717) is 0 Å². The van der Waals surface area contributed by atoms with E-state index in [0.717, 1.165) is 6.92 Å². The molecule has 0 amide bonds. The summed E-state index contributed by atoms with van der Waals surface area (Å²) in [7, 11) is 0. The molecule has 0 heterocycles. The second kappa shape index (κ2) is 6.57. The van der Waals surface area contributed by atoms with Gasteiger partial charge >= 0.3 is 29.9 Å². The predicted molar refractivity (Wildman–Crippen MR) is 57.2 cm³/mol. The van der Waals surface area contributed by atoms with E-state index in [9.17, 15) is 44.3 Å². The van der Waals surface area contributed by atoms with Crippen molar-refractivity contribution in [3.63, 3.8) is 0 Å². The van der Waals surface area contributed by atoms with Crippen LogP contribution in [0.15, 0.2) is 12.2 Å². The molecule has 0 saturated heterocycles. The lowest BCUT2D eigenvalue weighted by molar-refractivity contribution is -0.404. The highest BCUT2D eigenvalue weighted by Gasteiger charge is 2.82. The molecule has 1 atom stereocenters. The van der Waals surface area contributed by atoms with Gasteiger partial charge in [-0.2, -0.15) is 39.5 Å². The zero-order valence-corrected chi connectivity index (χ0v) is 11.4. The first-order valence-electron chi connectivity index (χ1n) is 5.67. The average Bonchev–Trinajstić information content (AvgIpc) is 2.36. The summed E-state index contributed by atoms with van der Waals surface area (Å²) in [6.45, 7) is 0.361. The molecule has 0 aromatic rings. The Balaban J connectivity index is 5.55. The van der Waals surface area contributed by atoms with Crippen LogP contribution in [-0.2, 0) is 9.53 Å². The van der Waals surface area contributed by atoms with Gasteiger partial charge in [0, 0.05) is 5.57 Å². The predicted octanol–water partition coefficient (Wildman–Crippen LogP) is 3.18. The first kappa shape index (κ1) is 21.5. The van der Waals surface area contributed by atoms with Gasteiger partial charge in [0.2, 0.25) is 0 Å². The van der Waals surface area contributed by atoms with E-state index in [2.05, 4.69) is 11.3 Å². The molecule has 23 heavy (non-hydrogen) atoms. The monoisotopic (exact) mass is 362 g/mol. The molecule has 0 aliphatic rings. The van der Waals surface area contributed by atoms with Crippen LogP contribution in [-0.4, -0.2) is 48.2 Å². The van der Waals surface area contributed by atoms with Gasteiger partial charge < -0.3 is 9.84 Å². The number of hydrogen-bond acceptors (Lipinski definition) is 3. The Hall–Kier alpha value is -1.46. The maximum Gasteiger partial charge on any atom is 0.460 e. The van der Waals surface area contributed by atoms with E-state index in [1.54, 1.807) is 0 Å². The lowest BCUT2D eigenvalue weighted by Crippen LogP contribution is -2.64. The van der Waals surface area contributed by atoms with E-state index in [4.69, 9.17) is 5.11 Å². The Morgan fingerprint density at radius 3 is 1.78 bits per heavy atom. The minimum atomic E-state index is -7.07. The second-order valence-electron chi connectivity index (χ2n) is 4.53. The van der Waals surface area contributed by atoms with Gasteiger partial charge in [0.15, 0.2) is 0 Å². The number of alkyl halides is 9. The van der Waals surface area contributed by atoms with Crippen molar-refractivity contribution in [2.45, 2.75) is 30.9 Å². The molecular weight excluding hydrogens is 351 g/mol. The van der Waals surface area contributed by atoms with Crippen LogP contribution in [0.4, 0.5) is 39.5 Å². The number of ether oxygens (including phenoxy) is 1. The van der Waals surface area contributed by atoms with Crippen LogP contribution in [0, 0.1) is 5.92 Å². The standard InChI is InChI=1S/C11H11F9O3/c1-5(2)7(22)23-4-6(3-21)8(12,13)9(14,15)10(16,17)11(18,19)20/h6,21H,1,3-4H2,2H3. The van der Waals surface area contributed by atoms with Gasteiger partial charge in [-0.25, -0.2) is 4.79 Å². The van der Waals surface area contributed by atoms with Crippen LogP contribution in [0.25, 0.3) is 0 Å². The first-order chi connectivity index (χ1) is 10.0. The van der Waals surface area contributed by atoms with E-state index < -0.39 is 49.0 Å². The van der Waals surface area contributed by atoms with Crippen molar-refractivity contribution < 1.29 is 54.2 Å². The van der Waals surface area contributed by atoms with Crippen LogP contribution >= 0.6 is 0 Å². The summed E-state index contributed by atoms with van der Waals surface area (Å²) in [4.78, 5) is 10.9. The summed E-state index contributed by atoms with van der Waals surface area (Å²) in [5, 5.41) is 8.59. The fraction of sp³-hybridized carbons (Fsp3) is 0.727. The van der Waals surface area contributed by atoms with Crippen molar-refractivity contribution in [2.24, 2.45) is 5.92 Å². The lowest BCUT2D eigenvalue weighted by atomic mass is 9.92. The smallest absolute Gasteiger partial charge is 0.460 e. The summed E-state index contributed by atoms with van der Waals surface area (Å²) >= 11 is 0. The van der Waals surface area contributed by atoms with Crippen molar-refractivity contribution in [3.05, 3.63) is 12.2 Å². The zero-order chi connectivity index (χ0) is 18.9. The Morgan fingerprint density at radius 2 is 1.48 bits per heavy atom. The maximum absolute atomic E-state index is 13.4. The van der Waals surface area contributed by atoms with Gasteiger partial charge in [-0.15, -0.1) is 0 Å². The maximum atomic E-state index is 13.4. The Morgan fingerprint density at radius 1 is 1.04 bits per heavy atom. The number of halogens is 9. The molecule has 0 rings (SSSR count). The summed E-state index contributed by atoms with van der Waals surface area (Å²) in [5.41, 5.74) is -0.377. The number of esters is 1. The fourth-order valence-corrected chi connectivity index (χ4v) is 1.22. The molecule has 136 valence electrons. The van der Waals surface area contributed by atoms with Gasteiger partial charge in [0.05, 0.1) is 12.5 Å². The Bertz CT molecular complexity index is 456. The quantitative estimate of drug-likeness (QED) is 0.430. The number of aliphatic hydroxyl groups is 1. The molecule has 0 spiro atoms. The molecule has 0 aromatic carbocycles. The van der Waals surface area contributed by atoms with E-state index in [-0.39, 0.29) is 5.57 Å². The molecule has 0 fully saturated rings. The normalized spacial score (nSPS) is 15.3. The number of carbonyl (C=O) groups is 1. The number of rotatable bonds is 7. The SMILES string of the molecule is C=C(C)C(=O)OCC(CO)C(F)(F)C(F)(F)C(F)(F)C(F)(F)F. The molecular formula is C11H11F9O3. The van der Waals surface area contributed by atoms with Crippen LogP contribution in [0.3, 0.4) is 0 Å². The van der Waals surface area contributed by atoms with Crippen LogP contribution in [0.1, 0.15) is 6.92 Å². The van der Waals surface area contributed by atoms with Crippen LogP contribution in [0.5, 0.6) is 0 Å². The molecule has 0 aliphatic carbocycles. The van der Waals surface area contributed by atoms with Crippen LogP contribution in [0.2, 0.25) is 0 Å². The molecule has 0 bridgehead atoms. The molecule has 0 aliphatic heterocycles. The third-order valence-electron chi connectivity index (χ3n) is 2.67. The van der Waals surface area contributed by atoms with Gasteiger partial charge in [-0.3, -0.25) is 0 Å². The highest BCUT2D eigenvalue weighted by atomic mass is 19.4. The minimum absolute atomic E-state index is 0.377. The molecule has 1 unspecified atom stereocenters. The van der Waals surface area contributed by atoms with Gasteiger partial charge in [-0.05, 0) is 6.92 Å². The van der Waals surface area contributed by atoms with Crippen molar-refractivity contribution in [2.75, 3.05) is 13.2 Å². The van der Waals surface area contributed by atoms with Gasteiger partial charge in [-0.1, -0.05) is 6.58 Å². The summed E-state index contributed by atoms with van der Waals surface area (Å²) in [6.07, 6.45) is -6.96. The summed E-state index contributed by atoms with van der Waals surface area (Å²) in [6, 6.07) is 0. The Labute approximate surface area is 123 Å². The topological polar surface area (TPSA) is 46.5 Å². The van der Waals surface area contributed by atoms with E-state index >= 15 is 0 Å². The molecule has 0 radical (unpaired) electrons. The third-order valence-corrected chi connectivity index (χ3v) is 2.67. The molecule has 0 saturated carbocycles. The highest BCUT2D eigenvalue weighted by molar-refractivity contribution is 5.86. The fourth-order valence-electron chi connectivity index (χ4n) is 1.22. The third kappa shape index (κ3) is 3.90. The number of aliphatic hydroxyl groups excluding tert-OH is 1. The lowest BCUT2D eigenvalue weighted by Gasteiger charge is -2.36. The summed E-state index contributed by atoms with van der Waals surface area (Å²) < 4.78 is 118. The van der Waals surface area contributed by atoms with E-state index in [1.807, 2.05) is 0 Å². The molecule has 3 nitrogen and oxygen atoms in total. The minimum Gasteiger partial charge on any atom is -0.462 e. The van der Waals surface area contributed by atoms with Crippen molar-refractivity contribution in [1.82, 2.24) is 0 Å². The first-order valence-corrected chi connectivity index (χ1v) is 5.67. The van der Waals surface area contributed by atoms with E-state index in [1.165, 1.54) is 0 Å². The van der Waals surface area contributed by atoms with Gasteiger partial charge in [0.1, 0.15) is 6.61 Å². The van der Waals surface area contributed by atoms with Crippen molar-refractivity contribution >= 4 is 5.97 Å². The second-order valence-corrected chi connectivity index (χ2v) is 4.53. The van der Waals surface area contributed by atoms with Gasteiger partial charge in [0.25, 0.3) is 0 Å². The number of hydrogen-bond donors (Lipinski definition) is 1. The molecule has 0 aromatic heterocycles.